The van der Waals surface area contributed by atoms with Crippen LogP contribution in [0.25, 0.3) is 10.6 Å². The molecule has 0 spiro atoms. The molecule has 4 rings (SSSR count). The molecule has 1 N–H and O–H groups in total. The Bertz CT molecular complexity index is 1120. The fourth-order valence-electron chi connectivity index (χ4n) is 3.29. The first kappa shape index (κ1) is 20.2. The van der Waals surface area contributed by atoms with Crippen molar-refractivity contribution < 1.29 is 13.2 Å². The summed E-state index contributed by atoms with van der Waals surface area (Å²) < 4.78 is 27.4. The maximum Gasteiger partial charge on any atom is 0.257 e. The van der Waals surface area contributed by atoms with Crippen LogP contribution in [0.2, 0.25) is 0 Å². The SMILES string of the molecule is Cc1ccc(S(=O)(=O)N2CCCCC2)cc1C(=O)Nc1nc(-c2cccs2)cs1. The van der Waals surface area contributed by atoms with Crippen molar-refractivity contribution in [2.24, 2.45) is 0 Å². The van der Waals surface area contributed by atoms with Crippen molar-refractivity contribution >= 4 is 43.7 Å². The summed E-state index contributed by atoms with van der Waals surface area (Å²) in [5.74, 6) is -0.356. The van der Waals surface area contributed by atoms with E-state index in [0.717, 1.165) is 35.4 Å². The Morgan fingerprint density at radius 2 is 1.93 bits per heavy atom. The number of aryl methyl sites for hydroxylation is 1. The molecule has 1 aliphatic heterocycles. The molecule has 152 valence electrons. The van der Waals surface area contributed by atoms with Gasteiger partial charge in [-0.15, -0.1) is 22.7 Å². The van der Waals surface area contributed by atoms with Gasteiger partial charge in [0.25, 0.3) is 5.91 Å². The van der Waals surface area contributed by atoms with Crippen LogP contribution in [0.5, 0.6) is 0 Å². The van der Waals surface area contributed by atoms with E-state index in [1.165, 1.54) is 21.7 Å². The molecule has 2 aromatic heterocycles. The van der Waals surface area contributed by atoms with Crippen molar-refractivity contribution in [3.8, 4) is 10.6 Å². The highest BCUT2D eigenvalue weighted by Crippen LogP contribution is 2.29. The number of thiazole rings is 1. The predicted molar refractivity (Wildman–Crippen MR) is 117 cm³/mol. The van der Waals surface area contributed by atoms with Crippen molar-refractivity contribution in [2.75, 3.05) is 18.4 Å². The van der Waals surface area contributed by atoms with Gasteiger partial charge in [0, 0.05) is 24.0 Å². The van der Waals surface area contributed by atoms with Crippen LogP contribution in [-0.4, -0.2) is 36.7 Å². The number of thiophene rings is 1. The molecule has 0 bridgehead atoms. The fraction of sp³-hybridized carbons (Fsp3) is 0.300. The van der Waals surface area contributed by atoms with Crippen LogP contribution in [0.4, 0.5) is 5.13 Å². The summed E-state index contributed by atoms with van der Waals surface area (Å²) in [6.07, 6.45) is 2.79. The molecule has 6 nitrogen and oxygen atoms in total. The van der Waals surface area contributed by atoms with E-state index in [0.29, 0.717) is 23.8 Å². The van der Waals surface area contributed by atoms with E-state index in [4.69, 9.17) is 0 Å². The summed E-state index contributed by atoms with van der Waals surface area (Å²) in [6.45, 7) is 2.86. The van der Waals surface area contributed by atoms with E-state index >= 15 is 0 Å². The second-order valence-electron chi connectivity index (χ2n) is 6.91. The summed E-state index contributed by atoms with van der Waals surface area (Å²) in [5, 5.41) is 7.16. The zero-order valence-corrected chi connectivity index (χ0v) is 18.4. The molecule has 1 aliphatic rings. The minimum atomic E-state index is -3.59. The summed E-state index contributed by atoms with van der Waals surface area (Å²) >= 11 is 2.93. The average molecular weight is 448 g/mol. The maximum absolute atomic E-state index is 13.0. The predicted octanol–water partition coefficient (Wildman–Crippen LogP) is 4.61. The quantitative estimate of drug-likeness (QED) is 0.620. The van der Waals surface area contributed by atoms with Crippen LogP contribution in [0.15, 0.2) is 46.0 Å². The topological polar surface area (TPSA) is 79.4 Å². The number of aromatic nitrogens is 1. The number of nitrogens with zero attached hydrogens (tertiary/aromatic N) is 2. The van der Waals surface area contributed by atoms with Crippen LogP contribution in [-0.2, 0) is 10.0 Å². The van der Waals surface area contributed by atoms with Crippen LogP contribution >= 0.6 is 22.7 Å². The number of amides is 1. The second-order valence-corrected chi connectivity index (χ2v) is 10.7. The highest BCUT2D eigenvalue weighted by atomic mass is 32.2. The Balaban J connectivity index is 1.56. The smallest absolute Gasteiger partial charge is 0.257 e. The van der Waals surface area contributed by atoms with Crippen molar-refractivity contribution in [1.29, 1.82) is 0 Å². The van der Waals surface area contributed by atoms with Crippen LogP contribution in [0.1, 0.15) is 35.2 Å². The third-order valence-electron chi connectivity index (χ3n) is 4.90. The molecule has 9 heteroatoms. The standard InChI is InChI=1S/C20H21N3O3S3/c1-14-7-8-15(29(25,26)23-9-3-2-4-10-23)12-16(14)19(24)22-20-21-17(13-28-20)18-6-5-11-27-18/h5-8,11-13H,2-4,9-10H2,1H3,(H,21,22,24). The van der Waals surface area contributed by atoms with E-state index in [2.05, 4.69) is 10.3 Å². The lowest BCUT2D eigenvalue weighted by molar-refractivity contribution is 0.102. The third kappa shape index (κ3) is 4.28. The molecule has 29 heavy (non-hydrogen) atoms. The largest absolute Gasteiger partial charge is 0.298 e. The number of benzene rings is 1. The number of hydrogen-bond donors (Lipinski definition) is 1. The number of nitrogens with one attached hydrogen (secondary N) is 1. The van der Waals surface area contributed by atoms with Crippen molar-refractivity contribution in [1.82, 2.24) is 9.29 Å². The lowest BCUT2D eigenvalue weighted by Crippen LogP contribution is -2.35. The first-order valence-corrected chi connectivity index (χ1v) is 12.6. The molecular weight excluding hydrogens is 426 g/mol. The van der Waals surface area contributed by atoms with Gasteiger partial charge in [-0.2, -0.15) is 4.31 Å². The number of rotatable bonds is 5. The van der Waals surface area contributed by atoms with E-state index < -0.39 is 10.0 Å². The average Bonchev–Trinajstić information content (AvgIpc) is 3.40. The Morgan fingerprint density at radius 3 is 2.66 bits per heavy atom. The van der Waals surface area contributed by atoms with Gasteiger partial charge < -0.3 is 0 Å². The van der Waals surface area contributed by atoms with Gasteiger partial charge in [-0.25, -0.2) is 13.4 Å². The Labute approximate surface area is 178 Å². The van der Waals surface area contributed by atoms with Gasteiger partial charge in [-0.3, -0.25) is 10.1 Å². The zero-order valence-electron chi connectivity index (χ0n) is 15.9. The van der Waals surface area contributed by atoms with Gasteiger partial charge in [-0.05, 0) is 48.9 Å². The van der Waals surface area contributed by atoms with E-state index in [1.54, 1.807) is 30.4 Å². The van der Waals surface area contributed by atoms with Crippen LogP contribution in [0, 0.1) is 6.92 Å². The van der Waals surface area contributed by atoms with Gasteiger partial charge in [0.1, 0.15) is 0 Å². The minimum Gasteiger partial charge on any atom is -0.298 e. The molecule has 3 aromatic rings. The molecule has 1 fully saturated rings. The van der Waals surface area contributed by atoms with E-state index in [-0.39, 0.29) is 10.8 Å². The highest BCUT2D eigenvalue weighted by Gasteiger charge is 2.27. The molecular formula is C20H21N3O3S3. The molecule has 1 amide bonds. The molecule has 0 aliphatic carbocycles. The number of hydrogen-bond acceptors (Lipinski definition) is 6. The lowest BCUT2D eigenvalue weighted by atomic mass is 10.1. The highest BCUT2D eigenvalue weighted by molar-refractivity contribution is 7.89. The van der Waals surface area contributed by atoms with Gasteiger partial charge in [0.05, 0.1) is 15.5 Å². The minimum absolute atomic E-state index is 0.161. The van der Waals surface area contributed by atoms with Gasteiger partial charge in [0.2, 0.25) is 10.0 Å². The van der Waals surface area contributed by atoms with Gasteiger partial charge >= 0.3 is 0 Å². The summed E-state index contributed by atoms with van der Waals surface area (Å²) in [5.41, 5.74) is 1.88. The summed E-state index contributed by atoms with van der Waals surface area (Å²) in [6, 6.07) is 8.67. The number of anilines is 1. The maximum atomic E-state index is 13.0. The van der Waals surface area contributed by atoms with Crippen LogP contribution < -0.4 is 5.32 Å². The number of carbonyl (C=O) groups excluding carboxylic acids is 1. The molecule has 3 heterocycles. The zero-order chi connectivity index (χ0) is 20.4. The molecule has 0 unspecified atom stereocenters. The Morgan fingerprint density at radius 1 is 1.14 bits per heavy atom. The van der Waals surface area contributed by atoms with Gasteiger partial charge in [0.15, 0.2) is 5.13 Å². The fourth-order valence-corrected chi connectivity index (χ4v) is 6.30. The molecule has 1 aromatic carbocycles. The number of piperidine rings is 1. The molecule has 0 radical (unpaired) electrons. The summed E-state index contributed by atoms with van der Waals surface area (Å²) in [7, 11) is -3.59. The number of carbonyl (C=O) groups is 1. The second kappa shape index (κ2) is 8.35. The Hall–Kier alpha value is -2.07. The van der Waals surface area contributed by atoms with E-state index in [9.17, 15) is 13.2 Å². The normalized spacial score (nSPS) is 15.3. The van der Waals surface area contributed by atoms with Crippen LogP contribution in [0.3, 0.4) is 0 Å². The van der Waals surface area contributed by atoms with Crippen molar-refractivity contribution in [3.05, 3.63) is 52.2 Å². The lowest BCUT2D eigenvalue weighted by Gasteiger charge is -2.26. The van der Waals surface area contributed by atoms with Crippen molar-refractivity contribution in [2.45, 2.75) is 31.1 Å². The third-order valence-corrected chi connectivity index (χ3v) is 8.45. The summed E-state index contributed by atoms with van der Waals surface area (Å²) in [4.78, 5) is 18.5. The molecule has 0 atom stereocenters. The number of sulfonamides is 1. The monoisotopic (exact) mass is 447 g/mol. The van der Waals surface area contributed by atoms with E-state index in [1.807, 2.05) is 22.9 Å². The van der Waals surface area contributed by atoms with Gasteiger partial charge in [-0.1, -0.05) is 18.6 Å². The molecule has 0 saturated carbocycles. The Kier molecular flexibility index (Phi) is 5.82. The first-order chi connectivity index (χ1) is 13.9. The van der Waals surface area contributed by atoms with Crippen molar-refractivity contribution in [3.63, 3.8) is 0 Å². The first-order valence-electron chi connectivity index (χ1n) is 9.37. The molecule has 1 saturated heterocycles.